The lowest BCUT2D eigenvalue weighted by atomic mass is 10.1. The number of imidazole rings is 1. The van der Waals surface area contributed by atoms with E-state index in [4.69, 9.17) is 0 Å². The Bertz CT molecular complexity index is 899. The molecule has 0 bridgehead atoms. The highest BCUT2D eigenvalue weighted by Gasteiger charge is 2.02. The Morgan fingerprint density at radius 2 is 1.76 bits per heavy atom. The van der Waals surface area contributed by atoms with Crippen LogP contribution in [0.2, 0.25) is 0 Å². The molecule has 0 amide bonds. The molecule has 0 radical (unpaired) electrons. The lowest BCUT2D eigenvalue weighted by molar-refractivity contribution is 0.782. The van der Waals surface area contributed by atoms with Crippen molar-refractivity contribution >= 4 is 29.9 Å². The maximum atomic E-state index is 4.33. The summed E-state index contributed by atoms with van der Waals surface area (Å²) in [5.74, 6) is 0.824. The third kappa shape index (κ3) is 7.53. The van der Waals surface area contributed by atoms with E-state index in [2.05, 4.69) is 81.5 Å². The van der Waals surface area contributed by atoms with E-state index >= 15 is 0 Å². The lowest BCUT2D eigenvalue weighted by Gasteiger charge is -2.13. The van der Waals surface area contributed by atoms with Gasteiger partial charge in [-0.1, -0.05) is 53.6 Å². The van der Waals surface area contributed by atoms with Gasteiger partial charge in [0.1, 0.15) is 0 Å². The fourth-order valence-electron chi connectivity index (χ4n) is 3.37. The summed E-state index contributed by atoms with van der Waals surface area (Å²) in [5.41, 5.74) is 6.47. The first-order valence-electron chi connectivity index (χ1n) is 9.67. The molecule has 5 nitrogen and oxygen atoms in total. The smallest absolute Gasteiger partial charge is 0.191 e. The molecule has 1 heterocycles. The molecule has 0 spiro atoms. The largest absolute Gasteiger partial charge is 0.356 e. The highest BCUT2D eigenvalue weighted by atomic mass is 127. The second-order valence-corrected chi connectivity index (χ2v) is 7.15. The third-order valence-corrected chi connectivity index (χ3v) is 4.59. The lowest BCUT2D eigenvalue weighted by Crippen LogP contribution is -2.37. The highest BCUT2D eigenvalue weighted by Crippen LogP contribution is 2.09. The molecule has 0 saturated heterocycles. The number of hydrogen-bond acceptors (Lipinski definition) is 2. The number of benzene rings is 2. The second-order valence-electron chi connectivity index (χ2n) is 7.15. The van der Waals surface area contributed by atoms with Gasteiger partial charge in [-0.3, -0.25) is 4.99 Å². The first kappa shape index (κ1) is 22.9. The molecule has 0 atom stereocenters. The number of aliphatic imine (C=N–C) groups is 1. The van der Waals surface area contributed by atoms with E-state index in [0.29, 0.717) is 0 Å². The maximum absolute atomic E-state index is 4.33. The van der Waals surface area contributed by atoms with E-state index in [1.807, 2.05) is 19.6 Å². The zero-order valence-corrected chi connectivity index (χ0v) is 19.7. The summed E-state index contributed by atoms with van der Waals surface area (Å²) in [7, 11) is 1.81. The number of aryl methyl sites for hydroxylation is 2. The van der Waals surface area contributed by atoms with Crippen molar-refractivity contribution in [3.05, 3.63) is 89.0 Å². The van der Waals surface area contributed by atoms with E-state index in [9.17, 15) is 0 Å². The summed E-state index contributed by atoms with van der Waals surface area (Å²) >= 11 is 0. The average molecular weight is 503 g/mol. The number of hydrogen-bond donors (Lipinski definition) is 2. The molecule has 3 aromatic rings. The van der Waals surface area contributed by atoms with Gasteiger partial charge in [-0.15, -0.1) is 24.0 Å². The number of nitrogens with zero attached hydrogens (tertiary/aromatic N) is 3. The molecule has 0 fully saturated rings. The van der Waals surface area contributed by atoms with E-state index < -0.39 is 0 Å². The number of nitrogens with one attached hydrogen (secondary N) is 2. The van der Waals surface area contributed by atoms with Crippen LogP contribution in [-0.2, 0) is 19.5 Å². The van der Waals surface area contributed by atoms with E-state index in [-0.39, 0.29) is 24.0 Å². The van der Waals surface area contributed by atoms with Gasteiger partial charge in [0.05, 0.1) is 6.33 Å². The molecule has 0 aliphatic rings. The van der Waals surface area contributed by atoms with Crippen LogP contribution in [0.25, 0.3) is 0 Å². The molecule has 6 heteroatoms. The van der Waals surface area contributed by atoms with Crippen molar-refractivity contribution in [1.29, 1.82) is 0 Å². The van der Waals surface area contributed by atoms with Gasteiger partial charge in [0.2, 0.25) is 0 Å². The SMILES string of the molecule is CN=C(NCCc1cc(C)cc(C)c1)NCc1cccc(Cn2ccnc2)c1.I. The Hall–Kier alpha value is -2.35. The fraction of sp³-hybridized carbons (Fsp3) is 0.304. The van der Waals surface area contributed by atoms with Gasteiger partial charge in [-0.25, -0.2) is 4.98 Å². The Kier molecular flexibility index (Phi) is 9.18. The summed E-state index contributed by atoms with van der Waals surface area (Å²) in [5, 5.41) is 6.81. The van der Waals surface area contributed by atoms with Crippen LogP contribution in [0.1, 0.15) is 27.8 Å². The zero-order chi connectivity index (χ0) is 19.8. The predicted octanol–water partition coefficient (Wildman–Crippen LogP) is 4.07. The highest BCUT2D eigenvalue weighted by molar-refractivity contribution is 14.0. The van der Waals surface area contributed by atoms with E-state index in [0.717, 1.165) is 32.0 Å². The molecular formula is C23H30IN5. The van der Waals surface area contributed by atoms with Gasteiger partial charge in [0.15, 0.2) is 5.96 Å². The summed E-state index contributed by atoms with van der Waals surface area (Å²) in [6, 6.07) is 15.3. The van der Waals surface area contributed by atoms with Gasteiger partial charge in [-0.2, -0.15) is 0 Å². The Labute approximate surface area is 190 Å². The van der Waals surface area contributed by atoms with Crippen molar-refractivity contribution in [1.82, 2.24) is 20.2 Å². The standard InChI is InChI=1S/C23H29N5.HI/c1-18-11-19(2)13-20(12-18)7-8-26-23(24-3)27-15-21-5-4-6-22(14-21)16-28-10-9-25-17-28;/h4-6,9-14,17H,7-8,15-16H2,1-3H3,(H2,24,26,27);1H. The van der Waals surface area contributed by atoms with Crippen molar-refractivity contribution < 1.29 is 0 Å². The normalized spacial score (nSPS) is 11.1. The van der Waals surface area contributed by atoms with Gasteiger partial charge in [-0.05, 0) is 37.0 Å². The molecule has 2 aromatic carbocycles. The summed E-state index contributed by atoms with van der Waals surface area (Å²) in [4.78, 5) is 8.43. The van der Waals surface area contributed by atoms with Gasteiger partial charge in [0.25, 0.3) is 0 Å². The van der Waals surface area contributed by atoms with Crippen LogP contribution in [0.5, 0.6) is 0 Å². The Balaban J connectivity index is 0.00000300. The quantitative estimate of drug-likeness (QED) is 0.291. The van der Waals surface area contributed by atoms with Crippen molar-refractivity contribution in [3.63, 3.8) is 0 Å². The number of guanidine groups is 1. The van der Waals surface area contributed by atoms with Gasteiger partial charge in [0, 0.05) is 39.1 Å². The summed E-state index contributed by atoms with van der Waals surface area (Å²) in [6.45, 7) is 6.71. The van der Waals surface area contributed by atoms with Crippen molar-refractivity contribution in [2.24, 2.45) is 4.99 Å². The number of aromatic nitrogens is 2. The Morgan fingerprint density at radius 1 is 1.00 bits per heavy atom. The fourth-order valence-corrected chi connectivity index (χ4v) is 3.37. The van der Waals surface area contributed by atoms with E-state index in [1.165, 1.54) is 27.8 Å². The van der Waals surface area contributed by atoms with Gasteiger partial charge >= 0.3 is 0 Å². The minimum atomic E-state index is 0. The molecule has 154 valence electrons. The van der Waals surface area contributed by atoms with Crippen LogP contribution in [0.4, 0.5) is 0 Å². The molecule has 0 aliphatic carbocycles. The monoisotopic (exact) mass is 503 g/mol. The molecule has 0 unspecified atom stereocenters. The first-order chi connectivity index (χ1) is 13.6. The van der Waals surface area contributed by atoms with E-state index in [1.54, 1.807) is 6.20 Å². The first-order valence-corrected chi connectivity index (χ1v) is 9.67. The minimum Gasteiger partial charge on any atom is -0.356 e. The van der Waals surface area contributed by atoms with Crippen LogP contribution in [0.15, 0.2) is 66.2 Å². The van der Waals surface area contributed by atoms with Gasteiger partial charge < -0.3 is 15.2 Å². The maximum Gasteiger partial charge on any atom is 0.191 e. The van der Waals surface area contributed by atoms with Crippen molar-refractivity contribution in [3.8, 4) is 0 Å². The van der Waals surface area contributed by atoms with Crippen LogP contribution in [0, 0.1) is 13.8 Å². The third-order valence-electron chi connectivity index (χ3n) is 4.59. The van der Waals surface area contributed by atoms with Crippen LogP contribution < -0.4 is 10.6 Å². The average Bonchev–Trinajstić information content (AvgIpc) is 3.17. The summed E-state index contributed by atoms with van der Waals surface area (Å²) < 4.78 is 2.07. The van der Waals surface area contributed by atoms with Crippen LogP contribution >= 0.6 is 24.0 Å². The number of halogens is 1. The van der Waals surface area contributed by atoms with Crippen LogP contribution in [-0.4, -0.2) is 29.1 Å². The summed E-state index contributed by atoms with van der Waals surface area (Å²) in [6.07, 6.45) is 6.60. The molecular weight excluding hydrogens is 473 g/mol. The zero-order valence-electron chi connectivity index (χ0n) is 17.4. The Morgan fingerprint density at radius 3 is 2.45 bits per heavy atom. The predicted molar refractivity (Wildman–Crippen MR) is 131 cm³/mol. The molecule has 29 heavy (non-hydrogen) atoms. The van der Waals surface area contributed by atoms with Crippen LogP contribution in [0.3, 0.4) is 0 Å². The molecule has 3 rings (SSSR count). The second kappa shape index (κ2) is 11.6. The topological polar surface area (TPSA) is 54.2 Å². The molecule has 1 aromatic heterocycles. The molecule has 2 N–H and O–H groups in total. The minimum absolute atomic E-state index is 0. The molecule has 0 aliphatic heterocycles. The molecule has 0 saturated carbocycles. The number of rotatable bonds is 7. The van der Waals surface area contributed by atoms with Crippen molar-refractivity contribution in [2.45, 2.75) is 33.4 Å². The van der Waals surface area contributed by atoms with Crippen molar-refractivity contribution in [2.75, 3.05) is 13.6 Å².